The zero-order valence-corrected chi connectivity index (χ0v) is 13.7. The quantitative estimate of drug-likeness (QED) is 0.752. The summed E-state index contributed by atoms with van der Waals surface area (Å²) < 4.78 is 5.12. The van der Waals surface area contributed by atoms with Crippen molar-refractivity contribution in [1.82, 2.24) is 4.90 Å². The number of nitrogens with one attached hydrogen (secondary N) is 1. The van der Waals surface area contributed by atoms with Crippen molar-refractivity contribution in [3.63, 3.8) is 0 Å². The number of hydrogen-bond acceptors (Lipinski definition) is 4. The SMILES string of the molecule is COc1cc(NCCCN2CCCCC2)c(Cl)cc1C(=O)O. The van der Waals surface area contributed by atoms with Gasteiger partial charge in [-0.2, -0.15) is 0 Å². The number of aromatic carboxylic acids is 1. The first-order valence-corrected chi connectivity index (χ1v) is 8.06. The van der Waals surface area contributed by atoms with Crippen LogP contribution in [0.4, 0.5) is 5.69 Å². The molecule has 1 fully saturated rings. The fraction of sp³-hybridized carbons (Fsp3) is 0.562. The van der Waals surface area contributed by atoms with E-state index in [1.807, 2.05) is 0 Å². The van der Waals surface area contributed by atoms with Crippen molar-refractivity contribution in [2.75, 3.05) is 38.6 Å². The minimum Gasteiger partial charge on any atom is -0.496 e. The van der Waals surface area contributed by atoms with E-state index in [0.29, 0.717) is 16.5 Å². The van der Waals surface area contributed by atoms with Crippen LogP contribution in [0.15, 0.2) is 12.1 Å². The maximum absolute atomic E-state index is 11.1. The predicted molar refractivity (Wildman–Crippen MR) is 88.4 cm³/mol. The van der Waals surface area contributed by atoms with Gasteiger partial charge in [0, 0.05) is 12.6 Å². The first-order valence-electron chi connectivity index (χ1n) is 7.69. The first kappa shape index (κ1) is 16.9. The Labute approximate surface area is 136 Å². The van der Waals surface area contributed by atoms with Gasteiger partial charge < -0.3 is 20.1 Å². The van der Waals surface area contributed by atoms with Gasteiger partial charge in [0.1, 0.15) is 11.3 Å². The van der Waals surface area contributed by atoms with Crippen molar-refractivity contribution >= 4 is 23.3 Å². The van der Waals surface area contributed by atoms with E-state index in [1.165, 1.54) is 45.5 Å². The number of nitrogens with zero attached hydrogens (tertiary/aromatic N) is 1. The number of carboxylic acids is 1. The highest BCUT2D eigenvalue weighted by Gasteiger charge is 2.15. The van der Waals surface area contributed by atoms with E-state index in [2.05, 4.69) is 10.2 Å². The molecule has 6 heteroatoms. The van der Waals surface area contributed by atoms with Gasteiger partial charge in [0.15, 0.2) is 0 Å². The summed E-state index contributed by atoms with van der Waals surface area (Å²) in [5.41, 5.74) is 0.786. The Morgan fingerprint density at radius 2 is 2.09 bits per heavy atom. The molecule has 0 amide bonds. The molecule has 22 heavy (non-hydrogen) atoms. The molecular weight excluding hydrogens is 304 g/mol. The monoisotopic (exact) mass is 326 g/mol. The summed E-state index contributed by atoms with van der Waals surface area (Å²) in [5.74, 6) is -0.731. The summed E-state index contributed by atoms with van der Waals surface area (Å²) >= 11 is 6.14. The maximum atomic E-state index is 11.1. The van der Waals surface area contributed by atoms with E-state index in [9.17, 15) is 4.79 Å². The molecule has 2 N–H and O–H groups in total. The van der Waals surface area contributed by atoms with Crippen LogP contribution in [0, 0.1) is 0 Å². The Morgan fingerprint density at radius 1 is 1.36 bits per heavy atom. The summed E-state index contributed by atoms with van der Waals surface area (Å²) in [7, 11) is 1.45. The molecule has 0 saturated carbocycles. The number of piperidine rings is 1. The van der Waals surface area contributed by atoms with E-state index < -0.39 is 5.97 Å². The molecule has 0 aliphatic carbocycles. The average Bonchev–Trinajstić information content (AvgIpc) is 2.53. The number of likely N-dealkylation sites (tertiary alicyclic amines) is 1. The van der Waals surface area contributed by atoms with Crippen molar-refractivity contribution in [3.8, 4) is 5.75 Å². The van der Waals surface area contributed by atoms with Crippen molar-refractivity contribution in [3.05, 3.63) is 22.7 Å². The molecule has 1 aromatic rings. The fourth-order valence-electron chi connectivity index (χ4n) is 2.73. The summed E-state index contributed by atoms with van der Waals surface area (Å²) in [6, 6.07) is 3.07. The summed E-state index contributed by atoms with van der Waals surface area (Å²) in [5, 5.41) is 12.8. The lowest BCUT2D eigenvalue weighted by molar-refractivity contribution is 0.0693. The van der Waals surface area contributed by atoms with E-state index in [1.54, 1.807) is 6.07 Å². The Balaban J connectivity index is 1.88. The molecule has 0 aromatic heterocycles. The van der Waals surface area contributed by atoms with E-state index >= 15 is 0 Å². The normalized spacial score (nSPS) is 15.5. The number of hydrogen-bond donors (Lipinski definition) is 2. The van der Waals surface area contributed by atoms with Crippen LogP contribution in [0.5, 0.6) is 5.75 Å². The third kappa shape index (κ3) is 4.52. The lowest BCUT2D eigenvalue weighted by Gasteiger charge is -2.26. The highest BCUT2D eigenvalue weighted by atomic mass is 35.5. The Bertz CT molecular complexity index is 516. The van der Waals surface area contributed by atoms with E-state index in [-0.39, 0.29) is 5.56 Å². The van der Waals surface area contributed by atoms with Crippen molar-refractivity contribution in [1.29, 1.82) is 0 Å². The smallest absolute Gasteiger partial charge is 0.339 e. The zero-order valence-electron chi connectivity index (χ0n) is 12.9. The number of ether oxygens (including phenoxy) is 1. The summed E-state index contributed by atoms with van der Waals surface area (Å²) in [6.45, 7) is 4.27. The van der Waals surface area contributed by atoms with Crippen LogP contribution in [0.25, 0.3) is 0 Å². The highest BCUT2D eigenvalue weighted by Crippen LogP contribution is 2.31. The molecule has 1 heterocycles. The number of carboxylic acid groups (broad SMARTS) is 1. The highest BCUT2D eigenvalue weighted by molar-refractivity contribution is 6.33. The first-order chi connectivity index (χ1) is 10.6. The molecule has 1 aliphatic rings. The standard InChI is InChI=1S/C16H23ClN2O3/c1-22-15-11-14(13(17)10-12(15)16(20)21)18-6-5-9-19-7-3-2-4-8-19/h10-11,18H,2-9H2,1H3,(H,20,21). The summed E-state index contributed by atoms with van der Waals surface area (Å²) in [6.07, 6.45) is 4.97. The van der Waals surface area contributed by atoms with Crippen LogP contribution in [0.1, 0.15) is 36.0 Å². The third-order valence-electron chi connectivity index (χ3n) is 3.93. The van der Waals surface area contributed by atoms with Gasteiger partial charge in [0.2, 0.25) is 0 Å². The molecule has 0 bridgehead atoms. The summed E-state index contributed by atoms with van der Waals surface area (Å²) in [4.78, 5) is 13.6. The Morgan fingerprint density at radius 3 is 2.73 bits per heavy atom. The zero-order chi connectivity index (χ0) is 15.9. The molecular formula is C16H23ClN2O3. The molecule has 1 aromatic carbocycles. The fourth-order valence-corrected chi connectivity index (χ4v) is 2.96. The van der Waals surface area contributed by atoms with Crippen LogP contribution >= 0.6 is 11.6 Å². The number of anilines is 1. The second-order valence-electron chi connectivity index (χ2n) is 5.52. The largest absolute Gasteiger partial charge is 0.496 e. The topological polar surface area (TPSA) is 61.8 Å². The van der Waals surface area contributed by atoms with Crippen LogP contribution in [0.2, 0.25) is 5.02 Å². The minimum atomic E-state index is -1.05. The molecule has 0 spiro atoms. The molecule has 0 atom stereocenters. The minimum absolute atomic E-state index is 0.0753. The lowest BCUT2D eigenvalue weighted by atomic mass is 10.1. The number of benzene rings is 1. The third-order valence-corrected chi connectivity index (χ3v) is 4.25. The second kappa shape index (κ2) is 8.25. The van der Waals surface area contributed by atoms with Crippen LogP contribution in [-0.4, -0.2) is 49.3 Å². The second-order valence-corrected chi connectivity index (χ2v) is 5.93. The van der Waals surface area contributed by atoms with Crippen LogP contribution < -0.4 is 10.1 Å². The Hall–Kier alpha value is -1.46. The van der Waals surface area contributed by atoms with Gasteiger partial charge in [-0.25, -0.2) is 4.79 Å². The lowest BCUT2D eigenvalue weighted by Crippen LogP contribution is -2.31. The van der Waals surface area contributed by atoms with Crippen LogP contribution in [0.3, 0.4) is 0 Å². The molecule has 122 valence electrons. The number of carbonyl (C=O) groups is 1. The number of rotatable bonds is 7. The van der Waals surface area contributed by atoms with Gasteiger partial charge in [0.25, 0.3) is 0 Å². The van der Waals surface area contributed by atoms with Gasteiger partial charge in [-0.15, -0.1) is 0 Å². The maximum Gasteiger partial charge on any atom is 0.339 e. The molecule has 5 nitrogen and oxygen atoms in total. The van der Waals surface area contributed by atoms with Gasteiger partial charge in [-0.3, -0.25) is 0 Å². The van der Waals surface area contributed by atoms with Gasteiger partial charge in [0.05, 0.1) is 17.8 Å². The number of halogens is 1. The van der Waals surface area contributed by atoms with Crippen molar-refractivity contribution in [2.24, 2.45) is 0 Å². The molecule has 2 rings (SSSR count). The number of methoxy groups -OCH3 is 1. The predicted octanol–water partition coefficient (Wildman–Crippen LogP) is 3.33. The van der Waals surface area contributed by atoms with Gasteiger partial charge >= 0.3 is 5.97 Å². The van der Waals surface area contributed by atoms with Crippen molar-refractivity contribution in [2.45, 2.75) is 25.7 Å². The Kier molecular flexibility index (Phi) is 6.34. The molecule has 0 unspecified atom stereocenters. The van der Waals surface area contributed by atoms with E-state index in [4.69, 9.17) is 21.4 Å². The van der Waals surface area contributed by atoms with Crippen LogP contribution in [-0.2, 0) is 0 Å². The molecule has 1 aliphatic heterocycles. The van der Waals surface area contributed by atoms with E-state index in [0.717, 1.165) is 19.5 Å². The average molecular weight is 327 g/mol. The van der Waals surface area contributed by atoms with Gasteiger partial charge in [-0.05, 0) is 45.0 Å². The molecule has 1 saturated heterocycles. The molecule has 0 radical (unpaired) electrons. The van der Waals surface area contributed by atoms with Crippen molar-refractivity contribution < 1.29 is 14.6 Å². The van der Waals surface area contributed by atoms with Gasteiger partial charge in [-0.1, -0.05) is 18.0 Å².